The molecule has 1 aliphatic heterocycles. The van der Waals surface area contributed by atoms with Crippen LogP contribution in [0.3, 0.4) is 0 Å². The number of rotatable bonds is 3. The number of carbonyl (C=O) groups excluding carboxylic acids is 1. The normalized spacial score (nSPS) is 20.2. The van der Waals surface area contributed by atoms with E-state index in [0.29, 0.717) is 17.9 Å². The van der Waals surface area contributed by atoms with E-state index < -0.39 is 0 Å². The Kier molecular flexibility index (Phi) is 3.63. The van der Waals surface area contributed by atoms with E-state index in [1.165, 1.54) is 6.20 Å². The van der Waals surface area contributed by atoms with Crippen LogP contribution in [-0.4, -0.2) is 28.4 Å². The van der Waals surface area contributed by atoms with Gasteiger partial charge in [-0.3, -0.25) is 9.48 Å². The smallest absolute Gasteiger partial charge is 0.228 e. The van der Waals surface area contributed by atoms with Crippen LogP contribution in [0.25, 0.3) is 0 Å². The molecule has 1 saturated heterocycles. The van der Waals surface area contributed by atoms with Gasteiger partial charge in [0.1, 0.15) is 0 Å². The Morgan fingerprint density at radius 1 is 1.71 bits per heavy atom. The number of hydrogen-bond donors (Lipinski definition) is 2. The molecule has 0 aliphatic carbocycles. The molecule has 94 valence electrons. The van der Waals surface area contributed by atoms with Crippen molar-refractivity contribution in [3.8, 4) is 0 Å². The van der Waals surface area contributed by atoms with Gasteiger partial charge in [-0.25, -0.2) is 0 Å². The second-order valence-electron chi connectivity index (χ2n) is 4.31. The number of anilines is 2. The highest BCUT2D eigenvalue weighted by atomic mass is 16.5. The molecule has 2 heterocycles. The fraction of sp³-hybridized carbons (Fsp3) is 0.636. The largest absolute Gasteiger partial charge is 0.394 e. The fourth-order valence-electron chi connectivity index (χ4n) is 1.97. The number of nitrogens with zero attached hydrogens (tertiary/aromatic N) is 2. The van der Waals surface area contributed by atoms with Gasteiger partial charge in [-0.05, 0) is 19.3 Å². The van der Waals surface area contributed by atoms with Gasteiger partial charge >= 0.3 is 0 Å². The predicted octanol–water partition coefficient (Wildman–Crippen LogP) is 0.900. The van der Waals surface area contributed by atoms with Crippen molar-refractivity contribution in [2.45, 2.75) is 31.8 Å². The molecule has 0 radical (unpaired) electrons. The zero-order valence-electron chi connectivity index (χ0n) is 9.98. The van der Waals surface area contributed by atoms with E-state index in [9.17, 15) is 4.79 Å². The monoisotopic (exact) mass is 238 g/mol. The lowest BCUT2D eigenvalue weighted by molar-refractivity contribution is -0.119. The number of nitrogens with one attached hydrogen (secondary N) is 1. The first kappa shape index (κ1) is 11.9. The summed E-state index contributed by atoms with van der Waals surface area (Å²) in [5, 5.41) is 6.72. The second-order valence-corrected chi connectivity index (χ2v) is 4.31. The Labute approximate surface area is 100 Å². The van der Waals surface area contributed by atoms with E-state index in [2.05, 4.69) is 10.4 Å². The fourth-order valence-corrected chi connectivity index (χ4v) is 1.97. The van der Waals surface area contributed by atoms with Crippen LogP contribution in [0.5, 0.6) is 0 Å². The lowest BCUT2D eigenvalue weighted by atomic mass is 10.1. The second kappa shape index (κ2) is 5.18. The van der Waals surface area contributed by atoms with Crippen LogP contribution in [0.1, 0.15) is 25.7 Å². The Morgan fingerprint density at radius 3 is 3.12 bits per heavy atom. The maximum atomic E-state index is 11.8. The van der Waals surface area contributed by atoms with Gasteiger partial charge in [0.25, 0.3) is 0 Å². The van der Waals surface area contributed by atoms with Crippen molar-refractivity contribution in [2.24, 2.45) is 7.05 Å². The molecule has 17 heavy (non-hydrogen) atoms. The van der Waals surface area contributed by atoms with Crippen LogP contribution in [0.2, 0.25) is 0 Å². The average Bonchev–Trinajstić information content (AvgIpc) is 2.62. The summed E-state index contributed by atoms with van der Waals surface area (Å²) in [5.41, 5.74) is 6.17. The first-order chi connectivity index (χ1) is 8.16. The summed E-state index contributed by atoms with van der Waals surface area (Å²) in [5.74, 6) is 0.470. The lowest BCUT2D eigenvalue weighted by Crippen LogP contribution is -2.26. The molecule has 0 bridgehead atoms. The van der Waals surface area contributed by atoms with Crippen LogP contribution < -0.4 is 11.1 Å². The summed E-state index contributed by atoms with van der Waals surface area (Å²) in [4.78, 5) is 11.8. The minimum absolute atomic E-state index is 0.0400. The summed E-state index contributed by atoms with van der Waals surface area (Å²) in [6.45, 7) is 0.756. The molecule has 1 fully saturated rings. The van der Waals surface area contributed by atoms with Crippen LogP contribution in [0.4, 0.5) is 11.5 Å². The van der Waals surface area contributed by atoms with Crippen LogP contribution in [0, 0.1) is 0 Å². The van der Waals surface area contributed by atoms with E-state index in [-0.39, 0.29) is 12.0 Å². The third-order valence-corrected chi connectivity index (χ3v) is 2.91. The van der Waals surface area contributed by atoms with E-state index in [1.54, 1.807) is 11.7 Å². The number of carbonyl (C=O) groups is 1. The Morgan fingerprint density at radius 2 is 2.53 bits per heavy atom. The van der Waals surface area contributed by atoms with Crippen LogP contribution in [-0.2, 0) is 16.6 Å². The summed E-state index contributed by atoms with van der Waals surface area (Å²) in [6, 6.07) is 0. The first-order valence-electron chi connectivity index (χ1n) is 5.85. The molecule has 0 spiro atoms. The number of nitrogens with two attached hydrogens (primary N) is 1. The molecule has 1 aromatic rings. The molecule has 6 heteroatoms. The van der Waals surface area contributed by atoms with E-state index in [0.717, 1.165) is 25.9 Å². The average molecular weight is 238 g/mol. The molecule has 1 aromatic heterocycles. The molecular weight excluding hydrogens is 220 g/mol. The summed E-state index contributed by atoms with van der Waals surface area (Å²) in [7, 11) is 1.74. The lowest BCUT2D eigenvalue weighted by Gasteiger charge is -2.21. The highest BCUT2D eigenvalue weighted by molar-refractivity contribution is 5.92. The zero-order valence-corrected chi connectivity index (χ0v) is 9.98. The van der Waals surface area contributed by atoms with Crippen molar-refractivity contribution in [3.63, 3.8) is 0 Å². The van der Waals surface area contributed by atoms with Gasteiger partial charge in [0.2, 0.25) is 5.91 Å². The Balaban J connectivity index is 1.88. The topological polar surface area (TPSA) is 82.2 Å². The first-order valence-corrected chi connectivity index (χ1v) is 5.85. The van der Waals surface area contributed by atoms with E-state index >= 15 is 0 Å². The summed E-state index contributed by atoms with van der Waals surface area (Å²) < 4.78 is 7.06. The van der Waals surface area contributed by atoms with Gasteiger partial charge in [-0.1, -0.05) is 0 Å². The molecular formula is C11H18N4O2. The van der Waals surface area contributed by atoms with E-state index in [4.69, 9.17) is 10.5 Å². The zero-order chi connectivity index (χ0) is 12.3. The van der Waals surface area contributed by atoms with Gasteiger partial charge in [0.15, 0.2) is 5.82 Å². The van der Waals surface area contributed by atoms with Crippen molar-refractivity contribution in [1.29, 1.82) is 0 Å². The van der Waals surface area contributed by atoms with Gasteiger partial charge in [-0.15, -0.1) is 0 Å². The molecule has 6 nitrogen and oxygen atoms in total. The molecule has 3 N–H and O–H groups in total. The summed E-state index contributed by atoms with van der Waals surface area (Å²) >= 11 is 0. The third-order valence-electron chi connectivity index (χ3n) is 2.91. The number of amides is 1. The Bertz CT molecular complexity index is 377. The van der Waals surface area contributed by atoms with Crippen molar-refractivity contribution in [2.75, 3.05) is 17.7 Å². The molecule has 1 amide bonds. The molecule has 1 atom stereocenters. The number of ether oxygens (including phenoxy) is 1. The molecule has 0 aromatic carbocycles. The van der Waals surface area contributed by atoms with Gasteiger partial charge in [-0.2, -0.15) is 5.10 Å². The highest BCUT2D eigenvalue weighted by Gasteiger charge is 2.18. The van der Waals surface area contributed by atoms with Crippen molar-refractivity contribution in [1.82, 2.24) is 9.78 Å². The minimum atomic E-state index is -0.0767. The van der Waals surface area contributed by atoms with Gasteiger partial charge < -0.3 is 15.8 Å². The van der Waals surface area contributed by atoms with E-state index in [1.807, 2.05) is 0 Å². The SMILES string of the molecule is Cn1ncc(N)c1NC(=O)CC1CCCCO1. The number of aryl methyl sites for hydroxylation is 1. The molecule has 2 rings (SSSR count). The number of hydrogen-bond acceptors (Lipinski definition) is 4. The standard InChI is InChI=1S/C11H18N4O2/c1-15-11(9(12)7-13-15)14-10(16)6-8-4-2-3-5-17-8/h7-8H,2-6,12H2,1H3,(H,14,16). The number of nitrogen functional groups attached to an aromatic ring is 1. The van der Waals surface area contributed by atoms with Crippen LogP contribution >= 0.6 is 0 Å². The Hall–Kier alpha value is -1.56. The molecule has 1 unspecified atom stereocenters. The van der Waals surface area contributed by atoms with Crippen molar-refractivity contribution < 1.29 is 9.53 Å². The van der Waals surface area contributed by atoms with Crippen LogP contribution in [0.15, 0.2) is 6.20 Å². The number of aromatic nitrogens is 2. The maximum absolute atomic E-state index is 11.8. The molecule has 0 saturated carbocycles. The molecule has 1 aliphatic rings. The van der Waals surface area contributed by atoms with Gasteiger partial charge in [0, 0.05) is 13.7 Å². The maximum Gasteiger partial charge on any atom is 0.228 e. The summed E-state index contributed by atoms with van der Waals surface area (Å²) in [6.07, 6.45) is 5.11. The quantitative estimate of drug-likeness (QED) is 0.819. The van der Waals surface area contributed by atoms with Crippen molar-refractivity contribution >= 4 is 17.4 Å². The minimum Gasteiger partial charge on any atom is -0.394 e. The third kappa shape index (κ3) is 2.97. The highest BCUT2D eigenvalue weighted by Crippen LogP contribution is 2.19. The van der Waals surface area contributed by atoms with Gasteiger partial charge in [0.05, 0.1) is 24.4 Å². The van der Waals surface area contributed by atoms with Crippen molar-refractivity contribution in [3.05, 3.63) is 6.20 Å². The predicted molar refractivity (Wildman–Crippen MR) is 64.5 cm³/mol.